The standard InChI is InChI=1S/C13H18ClNO2/c1-3-17-12-6-9(4-10-7-15-8-10)5-11(14)13(12)16-2/h5-6,10,15H,3-4,7-8H2,1-2H3. The van der Waals surface area contributed by atoms with Crippen LogP contribution in [0.15, 0.2) is 12.1 Å². The number of ether oxygens (including phenoxy) is 2. The van der Waals surface area contributed by atoms with Gasteiger partial charge in [-0.2, -0.15) is 0 Å². The van der Waals surface area contributed by atoms with Gasteiger partial charge in [0.2, 0.25) is 0 Å². The van der Waals surface area contributed by atoms with Gasteiger partial charge in [-0.15, -0.1) is 0 Å². The molecule has 2 rings (SSSR count). The molecule has 1 aliphatic heterocycles. The summed E-state index contributed by atoms with van der Waals surface area (Å²) in [6, 6.07) is 4.01. The van der Waals surface area contributed by atoms with Gasteiger partial charge in [-0.05, 0) is 50.0 Å². The number of nitrogens with one attached hydrogen (secondary N) is 1. The fourth-order valence-corrected chi connectivity index (χ4v) is 2.34. The Morgan fingerprint density at radius 3 is 2.71 bits per heavy atom. The zero-order chi connectivity index (χ0) is 12.3. The van der Waals surface area contributed by atoms with Crippen LogP contribution in [0.1, 0.15) is 12.5 Å². The number of rotatable bonds is 5. The molecule has 0 spiro atoms. The first-order chi connectivity index (χ1) is 8.24. The van der Waals surface area contributed by atoms with Gasteiger partial charge in [-0.1, -0.05) is 11.6 Å². The van der Waals surface area contributed by atoms with E-state index in [1.807, 2.05) is 19.1 Å². The van der Waals surface area contributed by atoms with Crippen molar-refractivity contribution in [3.05, 3.63) is 22.7 Å². The second kappa shape index (κ2) is 5.61. The fourth-order valence-electron chi connectivity index (χ4n) is 2.03. The van der Waals surface area contributed by atoms with Gasteiger partial charge >= 0.3 is 0 Å². The van der Waals surface area contributed by atoms with E-state index >= 15 is 0 Å². The molecule has 4 heteroatoms. The summed E-state index contributed by atoms with van der Waals surface area (Å²) in [5.74, 6) is 2.09. The Bertz CT molecular complexity index is 391. The highest BCUT2D eigenvalue weighted by Gasteiger charge is 2.19. The predicted molar refractivity (Wildman–Crippen MR) is 69.2 cm³/mol. The minimum atomic E-state index is 0.612. The van der Waals surface area contributed by atoms with Crippen LogP contribution in [0.25, 0.3) is 0 Å². The van der Waals surface area contributed by atoms with Gasteiger partial charge in [0.05, 0.1) is 18.7 Å². The van der Waals surface area contributed by atoms with E-state index in [0.29, 0.717) is 23.3 Å². The van der Waals surface area contributed by atoms with Crippen LogP contribution < -0.4 is 14.8 Å². The van der Waals surface area contributed by atoms with Crippen LogP contribution in [-0.4, -0.2) is 26.8 Å². The Hall–Kier alpha value is -0.930. The average molecular weight is 256 g/mol. The second-order valence-electron chi connectivity index (χ2n) is 4.27. The van der Waals surface area contributed by atoms with Crippen molar-refractivity contribution in [1.29, 1.82) is 0 Å². The van der Waals surface area contributed by atoms with Crippen LogP contribution in [0.4, 0.5) is 0 Å². The first kappa shape index (κ1) is 12.5. The van der Waals surface area contributed by atoms with Crippen molar-refractivity contribution in [2.24, 2.45) is 5.92 Å². The van der Waals surface area contributed by atoms with E-state index < -0.39 is 0 Å². The zero-order valence-electron chi connectivity index (χ0n) is 10.3. The number of benzene rings is 1. The Kier molecular flexibility index (Phi) is 4.13. The molecule has 3 nitrogen and oxygen atoms in total. The normalized spacial score (nSPS) is 15.5. The van der Waals surface area contributed by atoms with E-state index in [1.165, 1.54) is 5.56 Å². The summed E-state index contributed by atoms with van der Waals surface area (Å²) in [6.07, 6.45) is 1.04. The molecule has 0 aliphatic carbocycles. The maximum absolute atomic E-state index is 6.19. The lowest BCUT2D eigenvalue weighted by Crippen LogP contribution is -2.43. The molecule has 0 unspecified atom stereocenters. The molecule has 0 atom stereocenters. The van der Waals surface area contributed by atoms with Crippen LogP contribution in [0.5, 0.6) is 11.5 Å². The highest BCUT2D eigenvalue weighted by Crippen LogP contribution is 2.37. The van der Waals surface area contributed by atoms with Crippen LogP contribution >= 0.6 is 11.6 Å². The topological polar surface area (TPSA) is 30.5 Å². The number of hydrogen-bond donors (Lipinski definition) is 1. The smallest absolute Gasteiger partial charge is 0.179 e. The Morgan fingerprint density at radius 1 is 1.41 bits per heavy atom. The summed E-state index contributed by atoms with van der Waals surface area (Å²) in [5.41, 5.74) is 1.21. The van der Waals surface area contributed by atoms with Crippen molar-refractivity contribution < 1.29 is 9.47 Å². The third-order valence-electron chi connectivity index (χ3n) is 2.96. The molecule has 1 heterocycles. The second-order valence-corrected chi connectivity index (χ2v) is 4.68. The van der Waals surface area contributed by atoms with Crippen molar-refractivity contribution >= 4 is 11.6 Å². The summed E-state index contributed by atoms with van der Waals surface area (Å²) in [5, 5.41) is 3.90. The van der Waals surface area contributed by atoms with Crippen molar-refractivity contribution in [1.82, 2.24) is 5.32 Å². The number of halogens is 1. The highest BCUT2D eigenvalue weighted by molar-refractivity contribution is 6.32. The summed E-state index contributed by atoms with van der Waals surface area (Å²) in [7, 11) is 1.61. The quantitative estimate of drug-likeness (QED) is 0.877. The maximum atomic E-state index is 6.19. The Labute approximate surface area is 107 Å². The molecule has 1 saturated heterocycles. The summed E-state index contributed by atoms with van der Waals surface area (Å²) in [4.78, 5) is 0. The monoisotopic (exact) mass is 255 g/mol. The molecule has 0 aromatic heterocycles. The largest absolute Gasteiger partial charge is 0.491 e. The third-order valence-corrected chi connectivity index (χ3v) is 3.24. The molecule has 17 heavy (non-hydrogen) atoms. The molecular formula is C13H18ClNO2. The van der Waals surface area contributed by atoms with Gasteiger partial charge < -0.3 is 14.8 Å². The molecule has 94 valence electrons. The lowest BCUT2D eigenvalue weighted by atomic mass is 9.94. The van der Waals surface area contributed by atoms with Gasteiger partial charge in [0.15, 0.2) is 11.5 Å². The van der Waals surface area contributed by atoms with Crippen molar-refractivity contribution in [2.75, 3.05) is 26.8 Å². The van der Waals surface area contributed by atoms with Crippen molar-refractivity contribution in [3.63, 3.8) is 0 Å². The molecule has 1 aromatic carbocycles. The molecule has 0 amide bonds. The van der Waals surface area contributed by atoms with Gasteiger partial charge in [-0.25, -0.2) is 0 Å². The van der Waals surface area contributed by atoms with E-state index in [4.69, 9.17) is 21.1 Å². The molecule has 1 aromatic rings. The molecule has 0 bridgehead atoms. The molecule has 1 aliphatic rings. The van der Waals surface area contributed by atoms with E-state index in [9.17, 15) is 0 Å². The van der Waals surface area contributed by atoms with E-state index in [0.717, 1.165) is 25.3 Å². The molecule has 0 radical (unpaired) electrons. The summed E-state index contributed by atoms with van der Waals surface area (Å²) < 4.78 is 10.8. The van der Waals surface area contributed by atoms with Crippen LogP contribution in [0.3, 0.4) is 0 Å². The van der Waals surface area contributed by atoms with Crippen molar-refractivity contribution in [3.8, 4) is 11.5 Å². The number of methoxy groups -OCH3 is 1. The fraction of sp³-hybridized carbons (Fsp3) is 0.538. The molecule has 1 fully saturated rings. The minimum Gasteiger partial charge on any atom is -0.491 e. The molecule has 0 saturated carbocycles. The van der Waals surface area contributed by atoms with E-state index in [1.54, 1.807) is 7.11 Å². The average Bonchev–Trinajstić information content (AvgIpc) is 2.24. The minimum absolute atomic E-state index is 0.612. The molecular weight excluding hydrogens is 238 g/mol. The van der Waals surface area contributed by atoms with Gasteiger partial charge in [0.25, 0.3) is 0 Å². The lowest BCUT2D eigenvalue weighted by molar-refractivity contribution is 0.309. The predicted octanol–water partition coefficient (Wildman–Crippen LogP) is 2.51. The maximum Gasteiger partial charge on any atom is 0.179 e. The van der Waals surface area contributed by atoms with Gasteiger partial charge in [0.1, 0.15) is 0 Å². The van der Waals surface area contributed by atoms with Crippen LogP contribution in [0, 0.1) is 5.92 Å². The zero-order valence-corrected chi connectivity index (χ0v) is 11.0. The first-order valence-corrected chi connectivity index (χ1v) is 6.32. The third kappa shape index (κ3) is 2.85. The van der Waals surface area contributed by atoms with Crippen LogP contribution in [-0.2, 0) is 6.42 Å². The highest BCUT2D eigenvalue weighted by atomic mass is 35.5. The summed E-state index contributed by atoms with van der Waals surface area (Å²) in [6.45, 7) is 4.75. The van der Waals surface area contributed by atoms with Crippen LogP contribution in [0.2, 0.25) is 5.02 Å². The van der Waals surface area contributed by atoms with Crippen molar-refractivity contribution in [2.45, 2.75) is 13.3 Å². The van der Waals surface area contributed by atoms with Gasteiger partial charge in [-0.3, -0.25) is 0 Å². The summed E-state index contributed by atoms with van der Waals surface area (Å²) >= 11 is 6.19. The number of hydrogen-bond acceptors (Lipinski definition) is 3. The first-order valence-electron chi connectivity index (χ1n) is 5.94. The SMILES string of the molecule is CCOc1cc(CC2CNC2)cc(Cl)c1OC. The van der Waals surface area contributed by atoms with E-state index in [-0.39, 0.29) is 0 Å². The Balaban J connectivity index is 2.21. The van der Waals surface area contributed by atoms with Gasteiger partial charge in [0, 0.05) is 0 Å². The van der Waals surface area contributed by atoms with E-state index in [2.05, 4.69) is 5.32 Å². The lowest BCUT2D eigenvalue weighted by Gasteiger charge is -2.27. The molecule has 1 N–H and O–H groups in total. The Morgan fingerprint density at radius 2 is 2.18 bits per heavy atom.